The van der Waals surface area contributed by atoms with Gasteiger partial charge in [0, 0.05) is 31.3 Å². The van der Waals surface area contributed by atoms with Crippen LogP contribution in [0.4, 0.5) is 10.5 Å². The highest BCUT2D eigenvalue weighted by molar-refractivity contribution is 5.92. The van der Waals surface area contributed by atoms with E-state index in [0.29, 0.717) is 18.7 Å². The molecule has 0 aliphatic rings. The molecule has 0 saturated carbocycles. The number of rotatable bonds is 10. The van der Waals surface area contributed by atoms with Gasteiger partial charge in [0.25, 0.3) is 0 Å². The smallest absolute Gasteiger partial charge is 0.321 e. The van der Waals surface area contributed by atoms with Crippen LogP contribution in [0.5, 0.6) is 5.75 Å². The molecule has 2 aromatic rings. The lowest BCUT2D eigenvalue weighted by Crippen LogP contribution is -2.37. The number of amides is 2. The van der Waals surface area contributed by atoms with Crippen LogP contribution >= 0.6 is 0 Å². The number of aliphatic carboxylic acids is 1. The van der Waals surface area contributed by atoms with Gasteiger partial charge in [-0.1, -0.05) is 44.0 Å². The van der Waals surface area contributed by atoms with Gasteiger partial charge in [0.2, 0.25) is 0 Å². The molecular formula is C23H30N2O4. The number of hydrogen-bond donors (Lipinski definition) is 2. The Morgan fingerprint density at radius 3 is 2.62 bits per heavy atom. The van der Waals surface area contributed by atoms with Gasteiger partial charge in [0.05, 0.1) is 7.11 Å². The Kier molecular flexibility index (Phi) is 8.52. The topological polar surface area (TPSA) is 78.9 Å². The maximum atomic E-state index is 12.4. The Balaban J connectivity index is 2.17. The van der Waals surface area contributed by atoms with Gasteiger partial charge in [-0.05, 0) is 42.2 Å². The number of ether oxygens (including phenoxy) is 1. The predicted octanol–water partition coefficient (Wildman–Crippen LogP) is 4.72. The van der Waals surface area contributed by atoms with E-state index in [9.17, 15) is 9.59 Å². The molecule has 2 amide bonds. The standard InChI is InChI=1S/C23H30N2O4/c1-4-5-6-14-24-23(28)25(2)19-9-7-8-18(16-19)20-12-10-17(11-13-22(26)27)15-21(20)29-3/h7-10,12,15-16H,4-6,11,13-14H2,1-3H3,(H,24,28)(H,26,27). The van der Waals surface area contributed by atoms with Gasteiger partial charge < -0.3 is 15.2 Å². The van der Waals surface area contributed by atoms with Crippen LogP contribution in [0.1, 0.15) is 38.2 Å². The summed E-state index contributed by atoms with van der Waals surface area (Å²) in [6.45, 7) is 2.80. The van der Waals surface area contributed by atoms with E-state index in [1.54, 1.807) is 19.1 Å². The molecule has 156 valence electrons. The molecule has 0 bridgehead atoms. The summed E-state index contributed by atoms with van der Waals surface area (Å²) in [4.78, 5) is 24.8. The van der Waals surface area contributed by atoms with Crippen molar-refractivity contribution in [1.82, 2.24) is 5.32 Å². The summed E-state index contributed by atoms with van der Waals surface area (Å²) in [5, 5.41) is 11.8. The Morgan fingerprint density at radius 2 is 1.93 bits per heavy atom. The van der Waals surface area contributed by atoms with Crippen molar-refractivity contribution in [2.45, 2.75) is 39.0 Å². The molecule has 0 saturated heterocycles. The first-order valence-corrected chi connectivity index (χ1v) is 9.97. The third-order valence-electron chi connectivity index (χ3n) is 4.80. The van der Waals surface area contributed by atoms with Gasteiger partial charge in [0.15, 0.2) is 0 Å². The number of nitrogens with zero attached hydrogens (tertiary/aromatic N) is 1. The zero-order chi connectivity index (χ0) is 21.2. The molecular weight excluding hydrogens is 368 g/mol. The van der Waals surface area contributed by atoms with E-state index in [2.05, 4.69) is 12.2 Å². The fourth-order valence-corrected chi connectivity index (χ4v) is 3.07. The van der Waals surface area contributed by atoms with E-state index in [0.717, 1.165) is 41.6 Å². The molecule has 0 heterocycles. The minimum absolute atomic E-state index is 0.0795. The van der Waals surface area contributed by atoms with Crippen LogP contribution in [0, 0.1) is 0 Å². The molecule has 2 N–H and O–H groups in total. The van der Waals surface area contributed by atoms with Gasteiger partial charge in [0.1, 0.15) is 5.75 Å². The summed E-state index contributed by atoms with van der Waals surface area (Å²) in [5.74, 6) is -0.145. The highest BCUT2D eigenvalue weighted by atomic mass is 16.5. The number of carboxylic acid groups (broad SMARTS) is 1. The number of methoxy groups -OCH3 is 1. The maximum Gasteiger partial charge on any atom is 0.321 e. The van der Waals surface area contributed by atoms with Gasteiger partial charge in [-0.15, -0.1) is 0 Å². The molecule has 6 nitrogen and oxygen atoms in total. The number of hydrogen-bond acceptors (Lipinski definition) is 3. The summed E-state index contributed by atoms with van der Waals surface area (Å²) in [6, 6.07) is 13.3. The van der Waals surface area contributed by atoms with Crippen molar-refractivity contribution in [3.63, 3.8) is 0 Å². The summed E-state index contributed by atoms with van der Waals surface area (Å²) in [7, 11) is 3.35. The number of benzene rings is 2. The summed E-state index contributed by atoms with van der Waals surface area (Å²) in [6.07, 6.45) is 3.72. The zero-order valence-corrected chi connectivity index (χ0v) is 17.4. The monoisotopic (exact) mass is 398 g/mol. The van der Waals surface area contributed by atoms with E-state index >= 15 is 0 Å². The van der Waals surface area contributed by atoms with Crippen LogP contribution in [0.25, 0.3) is 11.1 Å². The van der Waals surface area contributed by atoms with Crippen molar-refractivity contribution < 1.29 is 19.4 Å². The molecule has 2 aromatic carbocycles. The number of carbonyl (C=O) groups excluding carboxylic acids is 1. The molecule has 0 unspecified atom stereocenters. The fraction of sp³-hybridized carbons (Fsp3) is 0.391. The summed E-state index contributed by atoms with van der Waals surface area (Å²) >= 11 is 0. The average molecular weight is 399 g/mol. The maximum absolute atomic E-state index is 12.4. The second-order valence-corrected chi connectivity index (χ2v) is 6.98. The van der Waals surface area contributed by atoms with Crippen LogP contribution in [-0.2, 0) is 11.2 Å². The van der Waals surface area contributed by atoms with Crippen LogP contribution in [-0.4, -0.2) is 37.8 Å². The minimum Gasteiger partial charge on any atom is -0.496 e. The molecule has 0 aliphatic heterocycles. The number of carbonyl (C=O) groups is 2. The lowest BCUT2D eigenvalue weighted by molar-refractivity contribution is -0.136. The largest absolute Gasteiger partial charge is 0.496 e. The second kappa shape index (κ2) is 11.1. The first kappa shape index (κ1) is 22.3. The van der Waals surface area contributed by atoms with Gasteiger partial charge in [-0.3, -0.25) is 9.69 Å². The normalized spacial score (nSPS) is 10.4. The lowest BCUT2D eigenvalue weighted by atomic mass is 10.00. The number of unbranched alkanes of at least 4 members (excludes halogenated alkanes) is 2. The molecule has 0 fully saturated rings. The van der Waals surface area contributed by atoms with Crippen LogP contribution < -0.4 is 15.0 Å². The number of carboxylic acids is 1. The number of anilines is 1. The van der Waals surface area contributed by atoms with Crippen molar-refractivity contribution in [1.29, 1.82) is 0 Å². The summed E-state index contributed by atoms with van der Waals surface area (Å²) in [5.41, 5.74) is 3.51. The Bertz CT molecular complexity index is 835. The molecule has 2 rings (SSSR count). The van der Waals surface area contributed by atoms with Gasteiger partial charge >= 0.3 is 12.0 Å². The van der Waals surface area contributed by atoms with Crippen LogP contribution in [0.15, 0.2) is 42.5 Å². The molecule has 6 heteroatoms. The number of aryl methyl sites for hydroxylation is 1. The zero-order valence-electron chi connectivity index (χ0n) is 17.4. The first-order chi connectivity index (χ1) is 14.0. The molecule has 29 heavy (non-hydrogen) atoms. The average Bonchev–Trinajstić information content (AvgIpc) is 2.74. The number of nitrogens with one attached hydrogen (secondary N) is 1. The van der Waals surface area contributed by atoms with Crippen molar-refractivity contribution in [3.05, 3.63) is 48.0 Å². The van der Waals surface area contributed by atoms with Crippen molar-refractivity contribution >= 4 is 17.7 Å². The van der Waals surface area contributed by atoms with Gasteiger partial charge in [-0.25, -0.2) is 4.79 Å². The molecule has 0 aliphatic carbocycles. The molecule has 0 spiro atoms. The van der Waals surface area contributed by atoms with Crippen molar-refractivity contribution in [2.24, 2.45) is 0 Å². The van der Waals surface area contributed by atoms with Crippen LogP contribution in [0.2, 0.25) is 0 Å². The Labute approximate surface area is 172 Å². The summed E-state index contributed by atoms with van der Waals surface area (Å²) < 4.78 is 5.53. The van der Waals surface area contributed by atoms with E-state index in [1.807, 2.05) is 42.5 Å². The first-order valence-electron chi connectivity index (χ1n) is 9.97. The minimum atomic E-state index is -0.822. The Hall–Kier alpha value is -3.02. The fourth-order valence-electron chi connectivity index (χ4n) is 3.07. The SMILES string of the molecule is CCCCCNC(=O)N(C)c1cccc(-c2ccc(CCC(=O)O)cc2OC)c1. The highest BCUT2D eigenvalue weighted by Gasteiger charge is 2.13. The molecule has 0 atom stereocenters. The third kappa shape index (κ3) is 6.52. The highest BCUT2D eigenvalue weighted by Crippen LogP contribution is 2.33. The van der Waals surface area contributed by atoms with Crippen LogP contribution in [0.3, 0.4) is 0 Å². The molecule has 0 aromatic heterocycles. The van der Waals surface area contributed by atoms with Crippen molar-refractivity contribution in [3.8, 4) is 16.9 Å². The Morgan fingerprint density at radius 1 is 1.14 bits per heavy atom. The molecule has 0 radical (unpaired) electrons. The van der Waals surface area contributed by atoms with E-state index in [1.165, 1.54) is 0 Å². The number of urea groups is 1. The lowest BCUT2D eigenvalue weighted by Gasteiger charge is -2.19. The third-order valence-corrected chi connectivity index (χ3v) is 4.80. The predicted molar refractivity (Wildman–Crippen MR) is 116 cm³/mol. The van der Waals surface area contributed by atoms with E-state index < -0.39 is 5.97 Å². The van der Waals surface area contributed by atoms with E-state index in [-0.39, 0.29) is 12.5 Å². The van der Waals surface area contributed by atoms with E-state index in [4.69, 9.17) is 9.84 Å². The quantitative estimate of drug-likeness (QED) is 0.568. The second-order valence-electron chi connectivity index (χ2n) is 6.98. The van der Waals surface area contributed by atoms with Gasteiger partial charge in [-0.2, -0.15) is 0 Å². The van der Waals surface area contributed by atoms with Crippen molar-refractivity contribution in [2.75, 3.05) is 25.6 Å².